The topological polar surface area (TPSA) is 47.0 Å². The van der Waals surface area contributed by atoms with Gasteiger partial charge in [0.25, 0.3) is 0 Å². The summed E-state index contributed by atoms with van der Waals surface area (Å²) in [4.78, 5) is 20.1. The number of amides is 1. The minimum absolute atomic E-state index is 0.0124. The minimum atomic E-state index is -0.274. The maximum Gasteiger partial charge on any atom is 0.227 e. The van der Waals surface area contributed by atoms with Gasteiger partial charge in [0, 0.05) is 45.3 Å². The van der Waals surface area contributed by atoms with Gasteiger partial charge in [-0.25, -0.2) is 0 Å². The predicted octanol–water partition coefficient (Wildman–Crippen LogP) is 1.76. The van der Waals surface area contributed by atoms with Crippen molar-refractivity contribution < 1.29 is 9.90 Å². The van der Waals surface area contributed by atoms with Gasteiger partial charge >= 0.3 is 0 Å². The molecule has 1 amide bonds. The molecule has 29 heavy (non-hydrogen) atoms. The summed E-state index contributed by atoms with van der Waals surface area (Å²) in [6, 6.07) is 20.8. The first-order valence-corrected chi connectivity index (χ1v) is 10.6. The number of carbonyl (C=O) groups excluding carboxylic acids is 1. The van der Waals surface area contributed by atoms with Gasteiger partial charge < -0.3 is 10.0 Å². The van der Waals surface area contributed by atoms with Crippen LogP contribution in [-0.4, -0.2) is 76.1 Å². The fourth-order valence-corrected chi connectivity index (χ4v) is 5.50. The van der Waals surface area contributed by atoms with E-state index in [-0.39, 0.29) is 23.6 Å². The molecule has 1 spiro atoms. The molecule has 0 saturated carbocycles. The van der Waals surface area contributed by atoms with Crippen LogP contribution in [0.25, 0.3) is 0 Å². The normalized spacial score (nSPS) is 26.3. The van der Waals surface area contributed by atoms with Crippen molar-refractivity contribution in [2.75, 3.05) is 32.7 Å². The summed E-state index contributed by atoms with van der Waals surface area (Å²) < 4.78 is 0. The zero-order valence-corrected chi connectivity index (χ0v) is 16.8. The Balaban J connectivity index is 1.29. The van der Waals surface area contributed by atoms with Crippen LogP contribution >= 0.6 is 0 Å². The number of rotatable bonds is 4. The van der Waals surface area contributed by atoms with Gasteiger partial charge in [0.1, 0.15) is 0 Å². The SMILES string of the molecule is O=C(Cc1ccccc1)N1CC2CC(O)CN2C2(CN(Cc3ccccc3)C2)C1. The average Bonchev–Trinajstić information content (AvgIpc) is 3.09. The van der Waals surface area contributed by atoms with E-state index in [4.69, 9.17) is 0 Å². The quantitative estimate of drug-likeness (QED) is 0.863. The Bertz CT molecular complexity index is 851. The van der Waals surface area contributed by atoms with Gasteiger partial charge in [-0.15, -0.1) is 0 Å². The summed E-state index contributed by atoms with van der Waals surface area (Å²) in [6.07, 6.45) is 0.958. The van der Waals surface area contributed by atoms with Gasteiger partial charge in [0.2, 0.25) is 5.91 Å². The second-order valence-electron chi connectivity index (χ2n) is 8.99. The van der Waals surface area contributed by atoms with Crippen LogP contribution in [0.1, 0.15) is 17.5 Å². The van der Waals surface area contributed by atoms with E-state index in [9.17, 15) is 9.90 Å². The molecule has 152 valence electrons. The van der Waals surface area contributed by atoms with Crippen molar-refractivity contribution in [3.05, 3.63) is 71.8 Å². The molecule has 0 radical (unpaired) electrons. The zero-order chi connectivity index (χ0) is 19.8. The molecule has 3 heterocycles. The van der Waals surface area contributed by atoms with Crippen molar-refractivity contribution in [1.29, 1.82) is 0 Å². The van der Waals surface area contributed by atoms with E-state index in [0.717, 1.165) is 51.3 Å². The van der Waals surface area contributed by atoms with E-state index in [1.807, 2.05) is 30.3 Å². The molecule has 0 bridgehead atoms. The van der Waals surface area contributed by atoms with Crippen LogP contribution in [0.2, 0.25) is 0 Å². The average molecular weight is 392 g/mol. The van der Waals surface area contributed by atoms with E-state index in [2.05, 4.69) is 45.0 Å². The number of aliphatic hydroxyl groups is 1. The molecule has 2 aromatic rings. The van der Waals surface area contributed by atoms with Crippen LogP contribution in [0.5, 0.6) is 0 Å². The molecule has 0 aromatic heterocycles. The van der Waals surface area contributed by atoms with E-state index >= 15 is 0 Å². The standard InChI is InChI=1S/C24H29N3O2/c28-22-12-21-14-26(23(29)11-19-7-3-1-4-8-19)18-24(27(21)15-22)16-25(17-24)13-20-9-5-2-6-10-20/h1-10,21-22,28H,11-18H2. The van der Waals surface area contributed by atoms with Crippen molar-refractivity contribution in [1.82, 2.24) is 14.7 Å². The first kappa shape index (κ1) is 18.8. The molecule has 3 aliphatic heterocycles. The third-order valence-corrected chi connectivity index (χ3v) is 6.75. The predicted molar refractivity (Wildman–Crippen MR) is 112 cm³/mol. The highest BCUT2D eigenvalue weighted by atomic mass is 16.3. The van der Waals surface area contributed by atoms with Crippen LogP contribution in [0, 0.1) is 0 Å². The molecule has 5 rings (SSSR count). The lowest BCUT2D eigenvalue weighted by Crippen LogP contribution is -2.78. The number of nitrogens with zero attached hydrogens (tertiary/aromatic N) is 3. The first-order valence-electron chi connectivity index (χ1n) is 10.6. The number of fused-ring (bicyclic) bond motifs is 2. The van der Waals surface area contributed by atoms with Crippen LogP contribution in [0.15, 0.2) is 60.7 Å². The first-order chi connectivity index (χ1) is 14.1. The Kier molecular flexibility index (Phi) is 4.90. The molecule has 1 N–H and O–H groups in total. The Morgan fingerprint density at radius 3 is 2.28 bits per heavy atom. The van der Waals surface area contributed by atoms with Crippen LogP contribution in [-0.2, 0) is 17.8 Å². The third-order valence-electron chi connectivity index (χ3n) is 6.75. The molecule has 3 saturated heterocycles. The summed E-state index contributed by atoms with van der Waals surface area (Å²) >= 11 is 0. The van der Waals surface area contributed by atoms with Gasteiger partial charge in [0.05, 0.1) is 18.1 Å². The van der Waals surface area contributed by atoms with Gasteiger partial charge in [-0.3, -0.25) is 14.6 Å². The Morgan fingerprint density at radius 2 is 1.59 bits per heavy atom. The monoisotopic (exact) mass is 391 g/mol. The molecule has 5 nitrogen and oxygen atoms in total. The second kappa shape index (κ2) is 7.56. The number of aliphatic hydroxyl groups excluding tert-OH is 1. The lowest BCUT2D eigenvalue weighted by atomic mass is 9.83. The fourth-order valence-electron chi connectivity index (χ4n) is 5.50. The Morgan fingerprint density at radius 1 is 0.931 bits per heavy atom. The number of benzene rings is 2. The van der Waals surface area contributed by atoms with Crippen LogP contribution in [0.4, 0.5) is 0 Å². The van der Waals surface area contributed by atoms with Gasteiger partial charge in [-0.05, 0) is 17.5 Å². The van der Waals surface area contributed by atoms with E-state index in [0.29, 0.717) is 6.42 Å². The van der Waals surface area contributed by atoms with Gasteiger partial charge in [-0.2, -0.15) is 0 Å². The number of likely N-dealkylation sites (tertiary alicyclic amines) is 1. The van der Waals surface area contributed by atoms with Crippen molar-refractivity contribution in [2.45, 2.75) is 37.1 Å². The highest BCUT2D eigenvalue weighted by Crippen LogP contribution is 2.39. The van der Waals surface area contributed by atoms with Crippen LogP contribution in [0.3, 0.4) is 0 Å². The number of piperazine rings is 1. The van der Waals surface area contributed by atoms with E-state index in [1.165, 1.54) is 5.56 Å². The maximum absolute atomic E-state index is 13.1. The summed E-state index contributed by atoms with van der Waals surface area (Å²) in [5, 5.41) is 10.3. The maximum atomic E-state index is 13.1. The Hall–Kier alpha value is -2.21. The molecule has 5 heteroatoms. The summed E-state index contributed by atoms with van der Waals surface area (Å²) in [7, 11) is 0. The molecule has 2 aromatic carbocycles. The van der Waals surface area contributed by atoms with Crippen molar-refractivity contribution in [3.63, 3.8) is 0 Å². The summed E-state index contributed by atoms with van der Waals surface area (Å²) in [5.41, 5.74) is 2.38. The van der Waals surface area contributed by atoms with Crippen molar-refractivity contribution >= 4 is 5.91 Å². The van der Waals surface area contributed by atoms with E-state index < -0.39 is 0 Å². The highest BCUT2D eigenvalue weighted by molar-refractivity contribution is 5.79. The van der Waals surface area contributed by atoms with Crippen LogP contribution < -0.4 is 0 Å². The minimum Gasteiger partial charge on any atom is -0.392 e. The van der Waals surface area contributed by atoms with Crippen molar-refractivity contribution in [3.8, 4) is 0 Å². The molecule has 3 fully saturated rings. The smallest absolute Gasteiger partial charge is 0.227 e. The number of hydrogen-bond acceptors (Lipinski definition) is 4. The molecule has 2 atom stereocenters. The largest absolute Gasteiger partial charge is 0.392 e. The molecular formula is C24H29N3O2. The summed E-state index contributed by atoms with van der Waals surface area (Å²) in [5.74, 6) is 0.207. The van der Waals surface area contributed by atoms with Gasteiger partial charge in [0.15, 0.2) is 0 Å². The molecule has 0 aliphatic carbocycles. The summed E-state index contributed by atoms with van der Waals surface area (Å²) in [6.45, 7) is 5.11. The second-order valence-corrected chi connectivity index (χ2v) is 8.99. The van der Waals surface area contributed by atoms with Gasteiger partial charge in [-0.1, -0.05) is 60.7 Å². The number of carbonyl (C=O) groups is 1. The lowest BCUT2D eigenvalue weighted by molar-refractivity contribution is -0.150. The molecular weight excluding hydrogens is 362 g/mol. The number of β-amino-alcohol motifs (C(OH)–C–C–N with tert-alkyl or cyclic N) is 1. The van der Waals surface area contributed by atoms with E-state index in [1.54, 1.807) is 0 Å². The lowest BCUT2D eigenvalue weighted by Gasteiger charge is -2.61. The molecule has 2 unspecified atom stereocenters. The number of hydrogen-bond donors (Lipinski definition) is 1. The molecule has 3 aliphatic rings. The third kappa shape index (κ3) is 3.70. The van der Waals surface area contributed by atoms with Crippen molar-refractivity contribution in [2.24, 2.45) is 0 Å². The fraction of sp³-hybridized carbons (Fsp3) is 0.458. The Labute approximate surface area is 172 Å². The zero-order valence-electron chi connectivity index (χ0n) is 16.8. The highest BCUT2D eigenvalue weighted by Gasteiger charge is 2.56.